The standard InChI is InChI=1S/C17H20N2O2S/c1-11-8-15(21-2)16(22-11)17(20)19-9-13(14(18)10-19)12-6-4-3-5-7-12/h3-8,13-14H,9-10,18H2,1-2H3/t13-,14+/m0/s1. The topological polar surface area (TPSA) is 55.6 Å². The van der Waals surface area contributed by atoms with Gasteiger partial charge in [-0.25, -0.2) is 0 Å². The average molecular weight is 316 g/mol. The number of likely N-dealkylation sites (tertiary alicyclic amines) is 1. The van der Waals surface area contributed by atoms with Gasteiger partial charge >= 0.3 is 0 Å². The number of rotatable bonds is 3. The molecule has 5 heteroatoms. The van der Waals surface area contributed by atoms with Crippen molar-refractivity contribution in [2.24, 2.45) is 5.73 Å². The monoisotopic (exact) mass is 316 g/mol. The molecule has 0 radical (unpaired) electrons. The van der Waals surface area contributed by atoms with Gasteiger partial charge in [-0.1, -0.05) is 30.3 Å². The Hall–Kier alpha value is -1.85. The van der Waals surface area contributed by atoms with E-state index in [0.29, 0.717) is 23.7 Å². The van der Waals surface area contributed by atoms with Crippen molar-refractivity contribution in [1.29, 1.82) is 0 Å². The molecule has 0 saturated carbocycles. The van der Waals surface area contributed by atoms with E-state index in [9.17, 15) is 4.79 Å². The van der Waals surface area contributed by atoms with Gasteiger partial charge in [-0.05, 0) is 18.6 Å². The van der Waals surface area contributed by atoms with Crippen molar-refractivity contribution in [3.05, 3.63) is 51.7 Å². The fourth-order valence-corrected chi connectivity index (χ4v) is 3.93. The molecule has 22 heavy (non-hydrogen) atoms. The highest BCUT2D eigenvalue weighted by molar-refractivity contribution is 7.14. The van der Waals surface area contributed by atoms with Crippen LogP contribution in [0.3, 0.4) is 0 Å². The Morgan fingerprint density at radius 1 is 1.32 bits per heavy atom. The van der Waals surface area contributed by atoms with Crippen molar-refractivity contribution >= 4 is 17.2 Å². The molecule has 0 aliphatic carbocycles. The van der Waals surface area contributed by atoms with E-state index in [-0.39, 0.29) is 17.9 Å². The summed E-state index contributed by atoms with van der Waals surface area (Å²) in [5.74, 6) is 0.866. The molecular weight excluding hydrogens is 296 g/mol. The molecule has 2 N–H and O–H groups in total. The van der Waals surface area contributed by atoms with Crippen LogP contribution in [0.5, 0.6) is 5.75 Å². The molecule has 1 aromatic carbocycles. The van der Waals surface area contributed by atoms with E-state index in [2.05, 4.69) is 12.1 Å². The van der Waals surface area contributed by atoms with Gasteiger partial charge < -0.3 is 15.4 Å². The number of carbonyl (C=O) groups is 1. The molecule has 1 saturated heterocycles. The van der Waals surface area contributed by atoms with Crippen LogP contribution in [-0.4, -0.2) is 37.0 Å². The summed E-state index contributed by atoms with van der Waals surface area (Å²) in [7, 11) is 1.60. The fourth-order valence-electron chi connectivity index (χ4n) is 2.98. The van der Waals surface area contributed by atoms with E-state index in [1.54, 1.807) is 7.11 Å². The van der Waals surface area contributed by atoms with Crippen molar-refractivity contribution in [2.45, 2.75) is 18.9 Å². The number of methoxy groups -OCH3 is 1. The first-order chi connectivity index (χ1) is 10.6. The molecule has 0 unspecified atom stereocenters. The van der Waals surface area contributed by atoms with Crippen LogP contribution in [0.25, 0.3) is 0 Å². The first-order valence-electron chi connectivity index (χ1n) is 7.34. The van der Waals surface area contributed by atoms with E-state index in [1.807, 2.05) is 36.1 Å². The van der Waals surface area contributed by atoms with Gasteiger partial charge in [0.05, 0.1) is 7.11 Å². The fraction of sp³-hybridized carbons (Fsp3) is 0.353. The number of carbonyl (C=O) groups excluding carboxylic acids is 1. The Balaban J connectivity index is 1.80. The summed E-state index contributed by atoms with van der Waals surface area (Å²) in [6, 6.07) is 12.0. The van der Waals surface area contributed by atoms with E-state index in [1.165, 1.54) is 16.9 Å². The van der Waals surface area contributed by atoms with Crippen molar-refractivity contribution in [2.75, 3.05) is 20.2 Å². The normalized spacial score (nSPS) is 21.1. The first kappa shape index (κ1) is 15.1. The van der Waals surface area contributed by atoms with Gasteiger partial charge in [-0.2, -0.15) is 0 Å². The molecule has 0 spiro atoms. The van der Waals surface area contributed by atoms with E-state index in [4.69, 9.17) is 10.5 Å². The number of amides is 1. The van der Waals surface area contributed by atoms with Gasteiger partial charge in [-0.3, -0.25) is 4.79 Å². The number of aryl methyl sites for hydroxylation is 1. The second-order valence-electron chi connectivity index (χ2n) is 5.65. The van der Waals surface area contributed by atoms with Crippen LogP contribution >= 0.6 is 11.3 Å². The van der Waals surface area contributed by atoms with Crippen LogP contribution in [0.4, 0.5) is 0 Å². The van der Waals surface area contributed by atoms with Crippen LogP contribution in [-0.2, 0) is 0 Å². The van der Waals surface area contributed by atoms with E-state index >= 15 is 0 Å². The highest BCUT2D eigenvalue weighted by Gasteiger charge is 2.35. The minimum atomic E-state index is -0.0293. The van der Waals surface area contributed by atoms with E-state index < -0.39 is 0 Å². The summed E-state index contributed by atoms with van der Waals surface area (Å²) in [6.45, 7) is 3.22. The van der Waals surface area contributed by atoms with Gasteiger partial charge in [0.2, 0.25) is 0 Å². The first-order valence-corrected chi connectivity index (χ1v) is 8.16. The molecule has 3 rings (SSSR count). The Kier molecular flexibility index (Phi) is 4.18. The Labute approximate surface area is 134 Å². The zero-order chi connectivity index (χ0) is 15.7. The molecule has 1 fully saturated rings. The van der Waals surface area contributed by atoms with Crippen LogP contribution in [0.2, 0.25) is 0 Å². The Morgan fingerprint density at radius 3 is 2.73 bits per heavy atom. The summed E-state index contributed by atoms with van der Waals surface area (Å²) in [6.07, 6.45) is 0. The molecular formula is C17H20N2O2S. The van der Waals surface area contributed by atoms with Crippen molar-refractivity contribution in [3.8, 4) is 5.75 Å². The van der Waals surface area contributed by atoms with Crippen LogP contribution in [0.15, 0.2) is 36.4 Å². The van der Waals surface area contributed by atoms with Crippen molar-refractivity contribution in [3.63, 3.8) is 0 Å². The van der Waals surface area contributed by atoms with Gasteiger partial charge in [0.1, 0.15) is 10.6 Å². The second kappa shape index (κ2) is 6.10. The predicted octanol–water partition coefficient (Wildman–Crippen LogP) is 2.63. The number of nitrogens with zero attached hydrogens (tertiary/aromatic N) is 1. The predicted molar refractivity (Wildman–Crippen MR) is 88.7 cm³/mol. The van der Waals surface area contributed by atoms with Gasteiger partial charge in [0.15, 0.2) is 0 Å². The number of thiophene rings is 1. The third kappa shape index (κ3) is 2.74. The summed E-state index contributed by atoms with van der Waals surface area (Å²) < 4.78 is 5.32. The third-order valence-electron chi connectivity index (χ3n) is 4.12. The number of hydrogen-bond acceptors (Lipinski definition) is 4. The summed E-state index contributed by atoms with van der Waals surface area (Å²) in [4.78, 5) is 16.3. The van der Waals surface area contributed by atoms with Crippen molar-refractivity contribution < 1.29 is 9.53 Å². The smallest absolute Gasteiger partial charge is 0.267 e. The van der Waals surface area contributed by atoms with Gasteiger partial charge in [0, 0.05) is 29.9 Å². The molecule has 2 heterocycles. The molecule has 2 atom stereocenters. The molecule has 2 aromatic rings. The summed E-state index contributed by atoms with van der Waals surface area (Å²) in [5.41, 5.74) is 7.47. The number of benzene rings is 1. The average Bonchev–Trinajstić information content (AvgIpc) is 3.10. The zero-order valence-electron chi connectivity index (χ0n) is 12.8. The maximum absolute atomic E-state index is 12.8. The quantitative estimate of drug-likeness (QED) is 0.947. The maximum atomic E-state index is 12.8. The summed E-state index contributed by atoms with van der Waals surface area (Å²) >= 11 is 1.48. The van der Waals surface area contributed by atoms with Crippen LogP contribution in [0, 0.1) is 6.92 Å². The second-order valence-corrected chi connectivity index (χ2v) is 6.90. The van der Waals surface area contributed by atoms with Crippen molar-refractivity contribution in [1.82, 2.24) is 4.90 Å². The lowest BCUT2D eigenvalue weighted by atomic mass is 9.95. The van der Waals surface area contributed by atoms with Gasteiger partial charge in [0.25, 0.3) is 5.91 Å². The number of nitrogens with two attached hydrogens (primary N) is 1. The van der Waals surface area contributed by atoms with Gasteiger partial charge in [-0.15, -0.1) is 11.3 Å². The summed E-state index contributed by atoms with van der Waals surface area (Å²) in [5, 5.41) is 0. The molecule has 1 amide bonds. The lowest BCUT2D eigenvalue weighted by Gasteiger charge is -2.16. The van der Waals surface area contributed by atoms with Crippen LogP contribution < -0.4 is 10.5 Å². The highest BCUT2D eigenvalue weighted by Crippen LogP contribution is 2.33. The minimum Gasteiger partial charge on any atom is -0.495 e. The highest BCUT2D eigenvalue weighted by atomic mass is 32.1. The lowest BCUT2D eigenvalue weighted by Crippen LogP contribution is -2.31. The number of ether oxygens (including phenoxy) is 1. The third-order valence-corrected chi connectivity index (χ3v) is 5.14. The molecule has 116 valence electrons. The molecule has 1 aliphatic rings. The molecule has 1 aliphatic heterocycles. The lowest BCUT2D eigenvalue weighted by molar-refractivity contribution is 0.0791. The molecule has 1 aromatic heterocycles. The molecule has 0 bridgehead atoms. The SMILES string of the molecule is COc1cc(C)sc1C(=O)N1C[C@@H](N)[C@H](c2ccccc2)C1. The van der Waals surface area contributed by atoms with Crippen LogP contribution in [0.1, 0.15) is 26.0 Å². The minimum absolute atomic E-state index is 0.0174. The largest absolute Gasteiger partial charge is 0.495 e. The zero-order valence-corrected chi connectivity index (χ0v) is 13.6. The molecule has 4 nitrogen and oxygen atoms in total. The number of hydrogen-bond donors (Lipinski definition) is 1. The Morgan fingerprint density at radius 2 is 2.05 bits per heavy atom. The maximum Gasteiger partial charge on any atom is 0.267 e. The van der Waals surface area contributed by atoms with E-state index in [0.717, 1.165) is 4.88 Å². The Bertz CT molecular complexity index is 669.